The van der Waals surface area contributed by atoms with Crippen LogP contribution in [0.4, 0.5) is 8.78 Å². The molecule has 1 aliphatic rings. The van der Waals surface area contributed by atoms with Crippen LogP contribution >= 0.6 is 0 Å². The number of ether oxygens (including phenoxy) is 2. The summed E-state index contributed by atoms with van der Waals surface area (Å²) in [5, 5.41) is 5.29. The van der Waals surface area contributed by atoms with E-state index in [1.807, 2.05) is 0 Å². The van der Waals surface area contributed by atoms with Gasteiger partial charge in [-0.2, -0.15) is 0 Å². The van der Waals surface area contributed by atoms with Gasteiger partial charge >= 0.3 is 0 Å². The predicted octanol–water partition coefficient (Wildman–Crippen LogP) is 3.67. The summed E-state index contributed by atoms with van der Waals surface area (Å²) in [5.41, 5.74) is 1.17. The first-order chi connectivity index (χ1) is 12.8. The Hall–Kier alpha value is -2.97. The summed E-state index contributed by atoms with van der Waals surface area (Å²) < 4.78 is 62.5. The largest absolute Gasteiger partial charge is 0.454 e. The van der Waals surface area contributed by atoms with E-state index in [-0.39, 0.29) is 22.8 Å². The Morgan fingerprint density at radius 3 is 2.22 bits per heavy atom. The minimum atomic E-state index is -4.07. The molecular formula is C19H13F2NO4S. The Balaban J connectivity index is 2.00. The Bertz CT molecular complexity index is 1160. The van der Waals surface area contributed by atoms with Crippen molar-refractivity contribution >= 4 is 10.0 Å². The van der Waals surface area contributed by atoms with Crippen LogP contribution in [0.25, 0.3) is 22.3 Å². The Morgan fingerprint density at radius 1 is 0.815 bits per heavy atom. The zero-order valence-electron chi connectivity index (χ0n) is 13.8. The minimum Gasteiger partial charge on any atom is -0.454 e. The average Bonchev–Trinajstić information content (AvgIpc) is 3.10. The van der Waals surface area contributed by atoms with Crippen LogP contribution in [0.1, 0.15) is 0 Å². The first-order valence-corrected chi connectivity index (χ1v) is 9.40. The fourth-order valence-corrected chi connectivity index (χ4v) is 3.76. The monoisotopic (exact) mass is 389 g/mol. The van der Waals surface area contributed by atoms with Gasteiger partial charge in [0.05, 0.1) is 4.90 Å². The number of benzene rings is 3. The maximum Gasteiger partial charge on any atom is 0.238 e. The molecule has 27 heavy (non-hydrogen) atoms. The molecule has 0 amide bonds. The van der Waals surface area contributed by atoms with Gasteiger partial charge in [0.15, 0.2) is 23.1 Å². The summed E-state index contributed by atoms with van der Waals surface area (Å²) in [4.78, 5) is -0.182. The lowest BCUT2D eigenvalue weighted by Crippen LogP contribution is -2.13. The molecule has 1 heterocycles. The Kier molecular flexibility index (Phi) is 4.09. The van der Waals surface area contributed by atoms with E-state index in [0.29, 0.717) is 22.6 Å². The third kappa shape index (κ3) is 3.13. The number of primary sulfonamides is 1. The molecule has 0 radical (unpaired) electrons. The molecule has 0 aromatic heterocycles. The van der Waals surface area contributed by atoms with Gasteiger partial charge in [-0.25, -0.2) is 22.3 Å². The first kappa shape index (κ1) is 17.4. The molecule has 5 nitrogen and oxygen atoms in total. The number of halogens is 2. The Labute approximate surface area is 154 Å². The summed E-state index contributed by atoms with van der Waals surface area (Å²) >= 11 is 0. The molecule has 4 rings (SSSR count). The van der Waals surface area contributed by atoms with Gasteiger partial charge in [0.2, 0.25) is 16.8 Å². The smallest absolute Gasteiger partial charge is 0.238 e. The van der Waals surface area contributed by atoms with Crippen molar-refractivity contribution in [1.29, 1.82) is 0 Å². The van der Waals surface area contributed by atoms with Crippen LogP contribution in [0.3, 0.4) is 0 Å². The second-order valence-electron chi connectivity index (χ2n) is 5.92. The van der Waals surface area contributed by atoms with E-state index in [1.54, 1.807) is 24.3 Å². The van der Waals surface area contributed by atoms with Crippen LogP contribution in [-0.2, 0) is 10.0 Å². The van der Waals surface area contributed by atoms with Crippen molar-refractivity contribution in [2.45, 2.75) is 4.90 Å². The van der Waals surface area contributed by atoms with Gasteiger partial charge in [-0.3, -0.25) is 0 Å². The summed E-state index contributed by atoms with van der Waals surface area (Å²) in [5.74, 6) is -1.16. The van der Waals surface area contributed by atoms with Crippen molar-refractivity contribution in [3.63, 3.8) is 0 Å². The molecular weight excluding hydrogens is 376 g/mol. The van der Waals surface area contributed by atoms with E-state index in [9.17, 15) is 17.2 Å². The molecule has 0 atom stereocenters. The Morgan fingerprint density at radius 2 is 1.48 bits per heavy atom. The zero-order valence-corrected chi connectivity index (χ0v) is 14.6. The van der Waals surface area contributed by atoms with Crippen molar-refractivity contribution in [3.05, 3.63) is 66.2 Å². The highest BCUT2D eigenvalue weighted by atomic mass is 32.2. The van der Waals surface area contributed by atoms with Crippen LogP contribution in [0.2, 0.25) is 0 Å². The van der Waals surface area contributed by atoms with Crippen LogP contribution in [0.15, 0.2) is 59.5 Å². The van der Waals surface area contributed by atoms with Gasteiger partial charge in [0, 0.05) is 5.56 Å². The topological polar surface area (TPSA) is 78.6 Å². The third-order valence-electron chi connectivity index (χ3n) is 4.23. The summed E-state index contributed by atoms with van der Waals surface area (Å²) in [6.07, 6.45) is 0. The van der Waals surface area contributed by atoms with Crippen LogP contribution in [0, 0.1) is 11.6 Å². The van der Waals surface area contributed by atoms with Gasteiger partial charge in [0.1, 0.15) is 0 Å². The lowest BCUT2D eigenvalue weighted by atomic mass is 9.94. The minimum absolute atomic E-state index is 0.0671. The number of fused-ring (bicyclic) bond motifs is 1. The second kappa shape index (κ2) is 6.33. The van der Waals surface area contributed by atoms with E-state index in [1.165, 1.54) is 18.2 Å². The van der Waals surface area contributed by atoms with Crippen LogP contribution < -0.4 is 14.6 Å². The quantitative estimate of drug-likeness (QED) is 0.741. The van der Waals surface area contributed by atoms with Gasteiger partial charge in [-0.05, 0) is 47.0 Å². The predicted molar refractivity (Wildman–Crippen MR) is 94.7 cm³/mol. The normalized spacial score (nSPS) is 13.0. The molecule has 138 valence electrons. The van der Waals surface area contributed by atoms with Gasteiger partial charge in [-0.1, -0.05) is 24.3 Å². The zero-order chi connectivity index (χ0) is 19.2. The number of hydrogen-bond donors (Lipinski definition) is 1. The SMILES string of the molecule is NS(=O)(=O)c1ccccc1-c1cc(F)c(F)cc1-c1ccc2c(c1)OCO2. The fraction of sp³-hybridized carbons (Fsp3) is 0.0526. The summed E-state index contributed by atoms with van der Waals surface area (Å²) in [6.45, 7) is 0.0671. The van der Waals surface area contributed by atoms with E-state index >= 15 is 0 Å². The number of rotatable bonds is 3. The highest BCUT2D eigenvalue weighted by molar-refractivity contribution is 7.89. The number of nitrogens with two attached hydrogens (primary N) is 1. The maximum absolute atomic E-state index is 14.0. The van der Waals surface area contributed by atoms with Gasteiger partial charge < -0.3 is 9.47 Å². The maximum atomic E-state index is 14.0. The van der Waals surface area contributed by atoms with Crippen LogP contribution in [0.5, 0.6) is 11.5 Å². The summed E-state index contributed by atoms with van der Waals surface area (Å²) in [6, 6.07) is 12.8. The molecule has 0 saturated heterocycles. The second-order valence-corrected chi connectivity index (χ2v) is 7.45. The lowest BCUT2D eigenvalue weighted by Gasteiger charge is -2.14. The molecule has 1 aliphatic heterocycles. The molecule has 8 heteroatoms. The first-order valence-electron chi connectivity index (χ1n) is 7.86. The van der Waals surface area contributed by atoms with E-state index in [4.69, 9.17) is 14.6 Å². The molecule has 0 fully saturated rings. The van der Waals surface area contributed by atoms with E-state index in [0.717, 1.165) is 12.1 Å². The lowest BCUT2D eigenvalue weighted by molar-refractivity contribution is 0.174. The molecule has 2 N–H and O–H groups in total. The van der Waals surface area contributed by atoms with Gasteiger partial charge in [-0.15, -0.1) is 0 Å². The average molecular weight is 389 g/mol. The van der Waals surface area contributed by atoms with E-state index in [2.05, 4.69) is 0 Å². The third-order valence-corrected chi connectivity index (χ3v) is 5.20. The standard InChI is InChI=1S/C19H13F2NO4S/c20-15-8-13(11-5-6-17-18(7-11)26-10-25-17)14(9-16(15)21)12-3-1-2-4-19(12)27(22,23)24/h1-9H,10H2,(H2,22,23,24). The molecule has 0 spiro atoms. The van der Waals surface area contributed by atoms with Crippen molar-refractivity contribution in [3.8, 4) is 33.8 Å². The van der Waals surface area contributed by atoms with Crippen molar-refractivity contribution in [2.75, 3.05) is 6.79 Å². The fourth-order valence-electron chi connectivity index (χ4n) is 3.01. The molecule has 3 aromatic carbocycles. The number of sulfonamides is 1. The summed E-state index contributed by atoms with van der Waals surface area (Å²) in [7, 11) is -4.07. The molecule has 3 aromatic rings. The molecule has 0 aliphatic carbocycles. The number of hydrogen-bond acceptors (Lipinski definition) is 4. The van der Waals surface area contributed by atoms with Crippen molar-refractivity contribution in [1.82, 2.24) is 0 Å². The highest BCUT2D eigenvalue weighted by Gasteiger charge is 2.21. The van der Waals surface area contributed by atoms with E-state index < -0.39 is 21.7 Å². The van der Waals surface area contributed by atoms with Crippen LogP contribution in [-0.4, -0.2) is 15.2 Å². The van der Waals surface area contributed by atoms with Crippen molar-refractivity contribution < 1.29 is 26.7 Å². The highest BCUT2D eigenvalue weighted by Crippen LogP contribution is 2.41. The molecule has 0 unspecified atom stereocenters. The van der Waals surface area contributed by atoms with Crippen molar-refractivity contribution in [2.24, 2.45) is 5.14 Å². The molecule has 0 saturated carbocycles. The van der Waals surface area contributed by atoms with Gasteiger partial charge in [0.25, 0.3) is 0 Å². The molecule has 0 bridgehead atoms.